The van der Waals surface area contributed by atoms with Crippen molar-refractivity contribution in [3.63, 3.8) is 0 Å². The Kier molecular flexibility index (Phi) is 5.61. The van der Waals surface area contributed by atoms with Crippen LogP contribution in [0.5, 0.6) is 0 Å². The second kappa shape index (κ2) is 6.98. The Morgan fingerprint density at radius 2 is 2.06 bits per heavy atom. The molecule has 1 aromatic rings. The SMILES string of the molecule is CCNCC(=O)N[C@@H](C(=O)O)c1ccccc1Cl. The summed E-state index contributed by atoms with van der Waals surface area (Å²) in [5, 5.41) is 14.7. The molecule has 1 atom stereocenters. The first kappa shape index (κ1) is 14.5. The van der Waals surface area contributed by atoms with Crippen LogP contribution in [-0.2, 0) is 9.59 Å². The van der Waals surface area contributed by atoms with Crippen molar-refractivity contribution in [3.05, 3.63) is 34.9 Å². The van der Waals surface area contributed by atoms with E-state index in [0.717, 1.165) is 0 Å². The average Bonchev–Trinajstić information content (AvgIpc) is 2.34. The molecule has 5 nitrogen and oxygen atoms in total. The maximum Gasteiger partial charge on any atom is 0.330 e. The van der Waals surface area contributed by atoms with Crippen LogP contribution in [-0.4, -0.2) is 30.1 Å². The Balaban J connectivity index is 2.81. The van der Waals surface area contributed by atoms with Crippen LogP contribution in [0.2, 0.25) is 5.02 Å². The molecule has 0 fully saturated rings. The summed E-state index contributed by atoms with van der Waals surface area (Å²) in [4.78, 5) is 22.7. The van der Waals surface area contributed by atoms with Crippen LogP contribution >= 0.6 is 11.6 Å². The minimum atomic E-state index is -1.15. The van der Waals surface area contributed by atoms with E-state index < -0.39 is 12.0 Å². The molecule has 0 spiro atoms. The van der Waals surface area contributed by atoms with Gasteiger partial charge in [0, 0.05) is 10.6 Å². The lowest BCUT2D eigenvalue weighted by Crippen LogP contribution is -2.39. The molecule has 0 bridgehead atoms. The number of carbonyl (C=O) groups is 2. The van der Waals surface area contributed by atoms with Crippen LogP contribution in [0.15, 0.2) is 24.3 Å². The number of carbonyl (C=O) groups excluding carboxylic acids is 1. The van der Waals surface area contributed by atoms with Crippen LogP contribution in [0.4, 0.5) is 0 Å². The lowest BCUT2D eigenvalue weighted by molar-refractivity contribution is -0.141. The molecule has 3 N–H and O–H groups in total. The summed E-state index contributed by atoms with van der Waals surface area (Å²) in [5.74, 6) is -1.53. The smallest absolute Gasteiger partial charge is 0.330 e. The molecular weight excluding hydrogens is 256 g/mol. The third-order valence-electron chi connectivity index (χ3n) is 2.30. The zero-order valence-corrected chi connectivity index (χ0v) is 10.7. The van der Waals surface area contributed by atoms with Gasteiger partial charge in [-0.1, -0.05) is 36.7 Å². The average molecular weight is 271 g/mol. The Bertz CT molecular complexity index is 437. The number of nitrogens with one attached hydrogen (secondary N) is 2. The molecule has 0 saturated carbocycles. The summed E-state index contributed by atoms with van der Waals surface area (Å²) in [6.45, 7) is 2.57. The molecule has 0 aromatic heterocycles. The van der Waals surface area contributed by atoms with Gasteiger partial charge < -0.3 is 15.7 Å². The number of aliphatic carboxylic acids is 1. The minimum Gasteiger partial charge on any atom is -0.479 e. The van der Waals surface area contributed by atoms with Crippen molar-refractivity contribution in [2.24, 2.45) is 0 Å². The van der Waals surface area contributed by atoms with Crippen molar-refractivity contribution < 1.29 is 14.7 Å². The fourth-order valence-corrected chi connectivity index (χ4v) is 1.68. The van der Waals surface area contributed by atoms with Gasteiger partial charge in [-0.2, -0.15) is 0 Å². The van der Waals surface area contributed by atoms with E-state index >= 15 is 0 Å². The van der Waals surface area contributed by atoms with Gasteiger partial charge in [-0.25, -0.2) is 4.79 Å². The molecule has 18 heavy (non-hydrogen) atoms. The van der Waals surface area contributed by atoms with E-state index in [1.54, 1.807) is 24.3 Å². The van der Waals surface area contributed by atoms with Gasteiger partial charge in [-0.15, -0.1) is 0 Å². The van der Waals surface area contributed by atoms with Gasteiger partial charge in [0.2, 0.25) is 5.91 Å². The standard InChI is InChI=1S/C12H15ClN2O3/c1-2-14-7-10(16)15-11(12(17)18)8-5-3-4-6-9(8)13/h3-6,11,14H,2,7H2,1H3,(H,15,16)(H,17,18)/t11-/m1/s1. The highest BCUT2D eigenvalue weighted by atomic mass is 35.5. The second-order valence-electron chi connectivity index (χ2n) is 3.64. The predicted molar refractivity (Wildman–Crippen MR) is 68.5 cm³/mol. The molecule has 0 heterocycles. The quantitative estimate of drug-likeness (QED) is 0.726. The highest BCUT2D eigenvalue weighted by Gasteiger charge is 2.23. The summed E-state index contributed by atoms with van der Waals surface area (Å²) in [5.41, 5.74) is 0.372. The van der Waals surface area contributed by atoms with Crippen molar-refractivity contribution in [3.8, 4) is 0 Å². The number of halogens is 1. The molecule has 1 aromatic carbocycles. The normalized spacial score (nSPS) is 11.9. The van der Waals surface area contributed by atoms with Gasteiger partial charge in [-0.3, -0.25) is 4.79 Å². The minimum absolute atomic E-state index is 0.0741. The van der Waals surface area contributed by atoms with Crippen LogP contribution in [0, 0.1) is 0 Å². The van der Waals surface area contributed by atoms with Crippen molar-refractivity contribution in [2.75, 3.05) is 13.1 Å². The van der Waals surface area contributed by atoms with Gasteiger partial charge in [-0.05, 0) is 12.6 Å². The second-order valence-corrected chi connectivity index (χ2v) is 4.05. The number of hydrogen-bond donors (Lipinski definition) is 3. The van der Waals surface area contributed by atoms with Crippen molar-refractivity contribution in [1.82, 2.24) is 10.6 Å². The molecule has 0 radical (unpaired) electrons. The van der Waals surface area contributed by atoms with Gasteiger partial charge in [0.15, 0.2) is 6.04 Å². The molecule has 0 saturated heterocycles. The van der Waals surface area contributed by atoms with Gasteiger partial charge >= 0.3 is 5.97 Å². The van der Waals surface area contributed by atoms with E-state index in [1.807, 2.05) is 6.92 Å². The summed E-state index contributed by atoms with van der Waals surface area (Å²) < 4.78 is 0. The molecule has 0 aliphatic heterocycles. The van der Waals surface area contributed by atoms with Crippen molar-refractivity contribution in [1.29, 1.82) is 0 Å². The number of carboxylic acids is 1. The summed E-state index contributed by atoms with van der Waals surface area (Å²) in [6, 6.07) is 5.40. The van der Waals surface area contributed by atoms with Crippen molar-refractivity contribution in [2.45, 2.75) is 13.0 Å². The largest absolute Gasteiger partial charge is 0.479 e. The molecule has 0 aliphatic rings. The molecule has 1 rings (SSSR count). The zero-order chi connectivity index (χ0) is 13.5. The fraction of sp³-hybridized carbons (Fsp3) is 0.333. The first-order chi connectivity index (χ1) is 8.56. The van der Waals surface area contributed by atoms with E-state index in [-0.39, 0.29) is 12.5 Å². The van der Waals surface area contributed by atoms with E-state index in [0.29, 0.717) is 17.1 Å². The van der Waals surface area contributed by atoms with E-state index in [4.69, 9.17) is 16.7 Å². The maximum atomic E-state index is 11.5. The van der Waals surface area contributed by atoms with E-state index in [1.165, 1.54) is 0 Å². The third-order valence-corrected chi connectivity index (χ3v) is 2.65. The highest BCUT2D eigenvalue weighted by Crippen LogP contribution is 2.22. The van der Waals surface area contributed by atoms with Crippen LogP contribution < -0.4 is 10.6 Å². The monoisotopic (exact) mass is 270 g/mol. The molecule has 0 aliphatic carbocycles. The molecule has 6 heteroatoms. The number of carboxylic acid groups (broad SMARTS) is 1. The molecule has 1 amide bonds. The predicted octanol–water partition coefficient (Wildman–Crippen LogP) is 1.19. The lowest BCUT2D eigenvalue weighted by Gasteiger charge is -2.16. The van der Waals surface area contributed by atoms with Crippen molar-refractivity contribution >= 4 is 23.5 Å². The number of amides is 1. The summed E-state index contributed by atoms with van der Waals surface area (Å²) in [6.07, 6.45) is 0. The summed E-state index contributed by atoms with van der Waals surface area (Å²) >= 11 is 5.92. The Morgan fingerprint density at radius 3 is 2.61 bits per heavy atom. The summed E-state index contributed by atoms with van der Waals surface area (Å²) in [7, 11) is 0. The fourth-order valence-electron chi connectivity index (χ4n) is 1.43. The van der Waals surface area contributed by atoms with Crippen LogP contribution in [0.25, 0.3) is 0 Å². The van der Waals surface area contributed by atoms with Gasteiger partial charge in [0.05, 0.1) is 6.54 Å². The Morgan fingerprint density at radius 1 is 1.39 bits per heavy atom. The number of likely N-dealkylation sites (N-methyl/N-ethyl adjacent to an activating group) is 1. The van der Waals surface area contributed by atoms with E-state index in [9.17, 15) is 9.59 Å². The third kappa shape index (κ3) is 4.01. The highest BCUT2D eigenvalue weighted by molar-refractivity contribution is 6.31. The molecule has 0 unspecified atom stereocenters. The number of benzene rings is 1. The molecular formula is C12H15ClN2O3. The molecule has 98 valence electrons. The zero-order valence-electron chi connectivity index (χ0n) is 9.94. The lowest BCUT2D eigenvalue weighted by atomic mass is 10.1. The van der Waals surface area contributed by atoms with Gasteiger partial charge in [0.1, 0.15) is 0 Å². The van der Waals surface area contributed by atoms with E-state index in [2.05, 4.69) is 10.6 Å². The number of rotatable bonds is 6. The van der Waals surface area contributed by atoms with Gasteiger partial charge in [0.25, 0.3) is 0 Å². The number of hydrogen-bond acceptors (Lipinski definition) is 3. The first-order valence-electron chi connectivity index (χ1n) is 5.53. The maximum absolute atomic E-state index is 11.5. The topological polar surface area (TPSA) is 78.4 Å². The Labute approximate surface area is 110 Å². The van der Waals surface area contributed by atoms with Crippen LogP contribution in [0.1, 0.15) is 18.5 Å². The Hall–Kier alpha value is -1.59. The van der Waals surface area contributed by atoms with Crippen LogP contribution in [0.3, 0.4) is 0 Å². The first-order valence-corrected chi connectivity index (χ1v) is 5.91.